The Balaban J connectivity index is 3.33. The first-order valence-corrected chi connectivity index (χ1v) is 4.07. The van der Waals surface area contributed by atoms with Crippen molar-refractivity contribution in [1.82, 2.24) is 0 Å². The fourth-order valence-electron chi connectivity index (χ4n) is 0.961. The van der Waals surface area contributed by atoms with Crippen molar-refractivity contribution in [3.05, 3.63) is 34.1 Å². The van der Waals surface area contributed by atoms with E-state index in [9.17, 15) is 13.2 Å². The van der Waals surface area contributed by atoms with Crippen LogP contribution in [0.25, 0.3) is 0 Å². The lowest BCUT2D eigenvalue weighted by Crippen LogP contribution is -2.14. The second-order valence-electron chi connectivity index (χ2n) is 2.64. The molecule has 1 aromatic rings. The summed E-state index contributed by atoms with van der Waals surface area (Å²) < 4.78 is 38.5. The van der Waals surface area contributed by atoms with E-state index in [2.05, 4.69) is 0 Å². The summed E-state index contributed by atoms with van der Waals surface area (Å²) in [6, 6.07) is 0.536. The van der Waals surface area contributed by atoms with Gasteiger partial charge in [0.2, 0.25) is 0 Å². The number of benzene rings is 1. The zero-order valence-corrected chi connectivity index (χ0v) is 7.65. The molecule has 14 heavy (non-hydrogen) atoms. The molecule has 6 heteroatoms. The molecule has 78 valence electrons. The SMILES string of the molecule is NCC(O)c1cc(F)c(F)c(Cl)c1F. The molecule has 3 N–H and O–H groups in total. The molecule has 0 aromatic heterocycles. The zero-order valence-electron chi connectivity index (χ0n) is 6.90. The maximum atomic E-state index is 13.1. The first-order chi connectivity index (χ1) is 6.49. The molecule has 0 bridgehead atoms. The molecule has 0 aliphatic rings. The summed E-state index contributed by atoms with van der Waals surface area (Å²) in [7, 11) is 0. The standard InChI is InChI=1S/C8H7ClF3NO/c9-6-7(11)3(5(14)2-13)1-4(10)8(6)12/h1,5,14H,2,13H2. The van der Waals surface area contributed by atoms with E-state index in [0.29, 0.717) is 6.07 Å². The number of rotatable bonds is 2. The Morgan fingerprint density at radius 3 is 2.43 bits per heavy atom. The normalized spacial score (nSPS) is 13.0. The maximum Gasteiger partial charge on any atom is 0.180 e. The Morgan fingerprint density at radius 2 is 1.93 bits per heavy atom. The third-order valence-corrected chi connectivity index (χ3v) is 2.04. The van der Waals surface area contributed by atoms with Gasteiger partial charge in [-0.2, -0.15) is 0 Å². The molecule has 0 aliphatic heterocycles. The number of nitrogens with two attached hydrogens (primary N) is 1. The van der Waals surface area contributed by atoms with Gasteiger partial charge in [0, 0.05) is 12.1 Å². The van der Waals surface area contributed by atoms with Crippen LogP contribution in [0.4, 0.5) is 13.2 Å². The number of hydrogen-bond acceptors (Lipinski definition) is 2. The van der Waals surface area contributed by atoms with Gasteiger partial charge >= 0.3 is 0 Å². The van der Waals surface area contributed by atoms with E-state index in [1.165, 1.54) is 0 Å². The quantitative estimate of drug-likeness (QED) is 0.595. The van der Waals surface area contributed by atoms with Gasteiger partial charge in [0.1, 0.15) is 5.02 Å². The summed E-state index contributed by atoms with van der Waals surface area (Å²) in [6.07, 6.45) is -1.40. The Kier molecular flexibility index (Phi) is 3.36. The third-order valence-electron chi connectivity index (χ3n) is 1.71. The van der Waals surface area contributed by atoms with Crippen LogP contribution in [-0.4, -0.2) is 11.7 Å². The van der Waals surface area contributed by atoms with Gasteiger partial charge in [0.05, 0.1) is 6.10 Å². The van der Waals surface area contributed by atoms with Crippen LogP contribution in [0.5, 0.6) is 0 Å². The van der Waals surface area contributed by atoms with Crippen LogP contribution >= 0.6 is 11.6 Å². The minimum Gasteiger partial charge on any atom is -0.387 e. The van der Waals surface area contributed by atoms with E-state index in [1.54, 1.807) is 0 Å². The molecular weight excluding hydrogens is 219 g/mol. The van der Waals surface area contributed by atoms with Crippen molar-refractivity contribution in [2.75, 3.05) is 6.54 Å². The summed E-state index contributed by atoms with van der Waals surface area (Å²) in [4.78, 5) is 0. The first-order valence-electron chi connectivity index (χ1n) is 3.70. The number of hydrogen-bond donors (Lipinski definition) is 2. The van der Waals surface area contributed by atoms with Crippen molar-refractivity contribution >= 4 is 11.6 Å². The Bertz CT molecular complexity index is 359. The van der Waals surface area contributed by atoms with Gasteiger partial charge in [0.15, 0.2) is 17.5 Å². The van der Waals surface area contributed by atoms with E-state index in [-0.39, 0.29) is 6.54 Å². The van der Waals surface area contributed by atoms with E-state index in [1.807, 2.05) is 0 Å². The van der Waals surface area contributed by atoms with Crippen molar-refractivity contribution < 1.29 is 18.3 Å². The zero-order chi connectivity index (χ0) is 10.9. The molecule has 0 aliphatic carbocycles. The van der Waals surface area contributed by atoms with Crippen LogP contribution in [0.15, 0.2) is 6.07 Å². The molecule has 0 radical (unpaired) electrons. The van der Waals surface area contributed by atoms with Crippen molar-refractivity contribution in [2.24, 2.45) is 5.73 Å². The molecule has 0 amide bonds. The first kappa shape index (κ1) is 11.3. The highest BCUT2D eigenvalue weighted by molar-refractivity contribution is 6.31. The smallest absolute Gasteiger partial charge is 0.180 e. The van der Waals surface area contributed by atoms with Gasteiger partial charge in [-0.1, -0.05) is 11.6 Å². The number of halogens is 4. The predicted octanol–water partition coefficient (Wildman–Crippen LogP) is 1.75. The Labute approximate surface area is 83.1 Å². The highest BCUT2D eigenvalue weighted by Crippen LogP contribution is 2.27. The van der Waals surface area contributed by atoms with Gasteiger partial charge in [-0.3, -0.25) is 0 Å². The van der Waals surface area contributed by atoms with Crippen LogP contribution in [0.2, 0.25) is 5.02 Å². The predicted molar refractivity (Wildman–Crippen MR) is 45.3 cm³/mol. The van der Waals surface area contributed by atoms with Gasteiger partial charge in [0.25, 0.3) is 0 Å². The average Bonchev–Trinajstić information content (AvgIpc) is 2.19. The fraction of sp³-hybridized carbons (Fsp3) is 0.250. The molecule has 0 heterocycles. The van der Waals surface area contributed by atoms with E-state index in [0.717, 1.165) is 0 Å². The molecule has 2 nitrogen and oxygen atoms in total. The monoisotopic (exact) mass is 225 g/mol. The molecule has 1 rings (SSSR count). The number of aliphatic hydroxyl groups is 1. The minimum atomic E-state index is -1.47. The second-order valence-corrected chi connectivity index (χ2v) is 3.02. The molecule has 1 atom stereocenters. The molecule has 0 fully saturated rings. The van der Waals surface area contributed by atoms with Crippen LogP contribution in [0.3, 0.4) is 0 Å². The Hall–Kier alpha value is -0.780. The molecular formula is C8H7ClF3NO. The lowest BCUT2D eigenvalue weighted by atomic mass is 10.1. The molecule has 0 saturated heterocycles. The molecule has 1 aromatic carbocycles. The second kappa shape index (κ2) is 4.16. The fourth-order valence-corrected chi connectivity index (χ4v) is 1.16. The van der Waals surface area contributed by atoms with Crippen molar-refractivity contribution in [1.29, 1.82) is 0 Å². The molecule has 0 spiro atoms. The van der Waals surface area contributed by atoms with Gasteiger partial charge in [-0.25, -0.2) is 13.2 Å². The Morgan fingerprint density at radius 1 is 1.36 bits per heavy atom. The molecule has 0 saturated carbocycles. The van der Waals surface area contributed by atoms with E-state index < -0.39 is 34.1 Å². The van der Waals surface area contributed by atoms with E-state index >= 15 is 0 Å². The van der Waals surface area contributed by atoms with Crippen LogP contribution < -0.4 is 5.73 Å². The van der Waals surface area contributed by atoms with Gasteiger partial charge in [-0.15, -0.1) is 0 Å². The van der Waals surface area contributed by atoms with Crippen LogP contribution in [0.1, 0.15) is 11.7 Å². The average molecular weight is 226 g/mol. The van der Waals surface area contributed by atoms with Crippen LogP contribution in [0, 0.1) is 17.5 Å². The van der Waals surface area contributed by atoms with E-state index in [4.69, 9.17) is 22.4 Å². The maximum absolute atomic E-state index is 13.1. The van der Waals surface area contributed by atoms with Gasteiger partial charge in [-0.05, 0) is 6.07 Å². The van der Waals surface area contributed by atoms with Crippen molar-refractivity contribution in [3.8, 4) is 0 Å². The summed E-state index contributed by atoms with van der Waals surface area (Å²) in [5, 5.41) is 8.16. The minimum absolute atomic E-state index is 0.307. The third kappa shape index (κ3) is 1.84. The summed E-state index contributed by atoms with van der Waals surface area (Å²) >= 11 is 5.15. The highest BCUT2D eigenvalue weighted by atomic mass is 35.5. The largest absolute Gasteiger partial charge is 0.387 e. The number of aliphatic hydroxyl groups excluding tert-OH is 1. The highest BCUT2D eigenvalue weighted by Gasteiger charge is 2.20. The van der Waals surface area contributed by atoms with Crippen molar-refractivity contribution in [2.45, 2.75) is 6.10 Å². The summed E-state index contributed by atoms with van der Waals surface area (Å²) in [5.74, 6) is -3.99. The lowest BCUT2D eigenvalue weighted by Gasteiger charge is -2.10. The van der Waals surface area contributed by atoms with Gasteiger partial charge < -0.3 is 10.8 Å². The lowest BCUT2D eigenvalue weighted by molar-refractivity contribution is 0.181. The summed E-state index contributed by atoms with van der Waals surface area (Å²) in [6.45, 7) is -0.307. The summed E-state index contributed by atoms with van der Waals surface area (Å²) in [5.41, 5.74) is 4.59. The molecule has 1 unspecified atom stereocenters. The topological polar surface area (TPSA) is 46.2 Å². The van der Waals surface area contributed by atoms with Crippen molar-refractivity contribution in [3.63, 3.8) is 0 Å². The van der Waals surface area contributed by atoms with Crippen LogP contribution in [-0.2, 0) is 0 Å².